The summed E-state index contributed by atoms with van der Waals surface area (Å²) < 4.78 is 1.12. The maximum Gasteiger partial charge on any atom is 0.255 e. The molecule has 0 bridgehead atoms. The molecule has 3 rings (SSSR count). The first-order chi connectivity index (χ1) is 10.6. The molecule has 0 aliphatic heterocycles. The summed E-state index contributed by atoms with van der Waals surface area (Å²) in [5, 5.41) is 1.29. The van der Waals surface area contributed by atoms with Gasteiger partial charge in [0.25, 0.3) is 5.91 Å². The number of amides is 1. The zero-order valence-electron chi connectivity index (χ0n) is 12.2. The van der Waals surface area contributed by atoms with Gasteiger partial charge in [-0.3, -0.25) is 4.79 Å². The first-order valence-corrected chi connectivity index (χ1v) is 8.00. The number of aromatic nitrogens is 2. The van der Waals surface area contributed by atoms with Gasteiger partial charge >= 0.3 is 0 Å². The van der Waals surface area contributed by atoms with Crippen LogP contribution in [0.25, 0.3) is 10.2 Å². The van der Waals surface area contributed by atoms with Gasteiger partial charge < -0.3 is 4.90 Å². The van der Waals surface area contributed by atoms with Crippen LogP contribution >= 0.6 is 22.9 Å². The maximum atomic E-state index is 12.5. The molecule has 1 amide bonds. The van der Waals surface area contributed by atoms with Crippen molar-refractivity contribution >= 4 is 39.1 Å². The highest BCUT2D eigenvalue weighted by Gasteiger charge is 2.22. The zero-order chi connectivity index (χ0) is 15.7. The highest BCUT2D eigenvalue weighted by Crippen LogP contribution is 2.29. The van der Waals surface area contributed by atoms with E-state index in [4.69, 9.17) is 11.6 Å². The van der Waals surface area contributed by atoms with Crippen LogP contribution in [0.2, 0.25) is 5.15 Å². The van der Waals surface area contributed by atoms with Crippen molar-refractivity contribution in [2.24, 2.45) is 0 Å². The number of pyridine rings is 1. The van der Waals surface area contributed by atoms with Crippen LogP contribution in [-0.2, 0) is 0 Å². The summed E-state index contributed by atoms with van der Waals surface area (Å²) in [6.07, 6.45) is 1.49. The van der Waals surface area contributed by atoms with Crippen LogP contribution in [0.1, 0.15) is 28.3 Å². The Hall–Kier alpha value is -1.98. The lowest BCUT2D eigenvalue weighted by atomic mass is 10.2. The minimum Gasteiger partial charge on any atom is -0.332 e. The zero-order valence-corrected chi connectivity index (χ0v) is 13.7. The minimum atomic E-state index is -0.111. The van der Waals surface area contributed by atoms with E-state index in [0.29, 0.717) is 10.7 Å². The van der Waals surface area contributed by atoms with Gasteiger partial charge in [0.2, 0.25) is 0 Å². The largest absolute Gasteiger partial charge is 0.332 e. The molecule has 0 N–H and O–H groups in total. The fourth-order valence-corrected chi connectivity index (χ4v) is 3.29. The average Bonchev–Trinajstić information content (AvgIpc) is 2.97. The molecule has 0 saturated heterocycles. The number of hydrogen-bond acceptors (Lipinski definition) is 4. The SMILES string of the molecule is C[C@@H](c1nc2ccccc2s1)N(C)C(=O)c1ccc(Cl)nc1. The van der Waals surface area contributed by atoms with Crippen molar-refractivity contribution in [3.63, 3.8) is 0 Å². The van der Waals surface area contributed by atoms with Gasteiger partial charge in [0, 0.05) is 13.2 Å². The quantitative estimate of drug-likeness (QED) is 0.676. The number of benzene rings is 1. The Morgan fingerprint density at radius 3 is 2.73 bits per heavy atom. The van der Waals surface area contributed by atoms with E-state index in [0.717, 1.165) is 15.2 Å². The second kappa shape index (κ2) is 6.02. The van der Waals surface area contributed by atoms with Crippen molar-refractivity contribution in [3.05, 3.63) is 58.3 Å². The van der Waals surface area contributed by atoms with Crippen LogP contribution in [0.3, 0.4) is 0 Å². The van der Waals surface area contributed by atoms with E-state index in [1.807, 2.05) is 31.2 Å². The topological polar surface area (TPSA) is 46.1 Å². The lowest BCUT2D eigenvalue weighted by Gasteiger charge is -2.23. The second-order valence-electron chi connectivity index (χ2n) is 4.98. The summed E-state index contributed by atoms with van der Waals surface area (Å²) in [6.45, 7) is 1.97. The number of carbonyl (C=O) groups excluding carboxylic acids is 1. The lowest BCUT2D eigenvalue weighted by Crippen LogP contribution is -2.29. The van der Waals surface area contributed by atoms with Crippen molar-refractivity contribution in [1.82, 2.24) is 14.9 Å². The van der Waals surface area contributed by atoms with Gasteiger partial charge in [-0.2, -0.15) is 0 Å². The summed E-state index contributed by atoms with van der Waals surface area (Å²) in [5.41, 5.74) is 1.48. The summed E-state index contributed by atoms with van der Waals surface area (Å²) in [7, 11) is 1.77. The predicted molar refractivity (Wildman–Crippen MR) is 89.4 cm³/mol. The standard InChI is InChI=1S/C16H14ClN3OS/c1-10(15-19-12-5-3-4-6-13(12)22-15)20(2)16(21)11-7-8-14(17)18-9-11/h3-10H,1-2H3/t10-/m0/s1. The van der Waals surface area contributed by atoms with E-state index in [1.54, 1.807) is 35.4 Å². The van der Waals surface area contributed by atoms with Crippen molar-refractivity contribution in [1.29, 1.82) is 0 Å². The molecule has 1 aromatic carbocycles. The maximum absolute atomic E-state index is 12.5. The van der Waals surface area contributed by atoms with Crippen LogP contribution < -0.4 is 0 Å². The average molecular weight is 332 g/mol. The fourth-order valence-electron chi connectivity index (χ4n) is 2.12. The molecule has 2 aromatic heterocycles. The van der Waals surface area contributed by atoms with E-state index in [1.165, 1.54) is 6.20 Å². The Kier molecular flexibility index (Phi) is 4.09. The number of thiazole rings is 1. The molecule has 1 atom stereocenters. The Morgan fingerprint density at radius 2 is 2.05 bits per heavy atom. The van der Waals surface area contributed by atoms with Crippen LogP contribution in [0, 0.1) is 0 Å². The number of carbonyl (C=O) groups is 1. The van der Waals surface area contributed by atoms with Crippen molar-refractivity contribution in [2.45, 2.75) is 13.0 Å². The van der Waals surface area contributed by atoms with Crippen molar-refractivity contribution < 1.29 is 4.79 Å². The van der Waals surface area contributed by atoms with Crippen LogP contribution in [0.15, 0.2) is 42.6 Å². The van der Waals surface area contributed by atoms with Crippen LogP contribution in [0.4, 0.5) is 0 Å². The normalized spacial score (nSPS) is 12.3. The number of para-hydroxylation sites is 1. The number of fused-ring (bicyclic) bond motifs is 1. The number of nitrogens with zero attached hydrogens (tertiary/aromatic N) is 3. The lowest BCUT2D eigenvalue weighted by molar-refractivity contribution is 0.0742. The summed E-state index contributed by atoms with van der Waals surface area (Å²) in [4.78, 5) is 22.7. The Labute approximate surface area is 137 Å². The van der Waals surface area contributed by atoms with Gasteiger partial charge in [0.1, 0.15) is 10.2 Å². The molecule has 0 fully saturated rings. The third-order valence-electron chi connectivity index (χ3n) is 3.54. The van der Waals surface area contributed by atoms with Gasteiger partial charge in [0.15, 0.2) is 0 Å². The number of rotatable bonds is 3. The molecule has 0 saturated carbocycles. The first-order valence-electron chi connectivity index (χ1n) is 6.80. The molecule has 4 nitrogen and oxygen atoms in total. The molecule has 112 valence electrons. The Bertz CT molecular complexity index is 783. The first kappa shape index (κ1) is 14.9. The van der Waals surface area contributed by atoms with Gasteiger partial charge in [0.05, 0.1) is 21.8 Å². The van der Waals surface area contributed by atoms with Crippen molar-refractivity contribution in [2.75, 3.05) is 7.05 Å². The molecular formula is C16H14ClN3OS. The van der Waals surface area contributed by atoms with E-state index in [9.17, 15) is 4.79 Å². The van der Waals surface area contributed by atoms with Gasteiger partial charge in [-0.15, -0.1) is 11.3 Å². The van der Waals surface area contributed by atoms with Crippen LogP contribution in [-0.4, -0.2) is 27.8 Å². The van der Waals surface area contributed by atoms with Gasteiger partial charge in [-0.1, -0.05) is 23.7 Å². The monoisotopic (exact) mass is 331 g/mol. The molecule has 2 heterocycles. The van der Waals surface area contributed by atoms with Gasteiger partial charge in [-0.05, 0) is 31.2 Å². The molecule has 3 aromatic rings. The summed E-state index contributed by atoms with van der Waals surface area (Å²) in [6, 6.07) is 11.2. The van der Waals surface area contributed by atoms with E-state index in [-0.39, 0.29) is 11.9 Å². The van der Waals surface area contributed by atoms with Crippen LogP contribution in [0.5, 0.6) is 0 Å². The fraction of sp³-hybridized carbons (Fsp3) is 0.188. The minimum absolute atomic E-state index is 0.101. The molecule has 0 unspecified atom stereocenters. The summed E-state index contributed by atoms with van der Waals surface area (Å²) >= 11 is 7.36. The van der Waals surface area contributed by atoms with Crippen molar-refractivity contribution in [3.8, 4) is 0 Å². The smallest absolute Gasteiger partial charge is 0.255 e. The van der Waals surface area contributed by atoms with Gasteiger partial charge in [-0.25, -0.2) is 9.97 Å². The molecule has 0 radical (unpaired) electrons. The molecular weight excluding hydrogens is 318 g/mol. The van der Waals surface area contributed by atoms with E-state index < -0.39 is 0 Å². The number of hydrogen-bond donors (Lipinski definition) is 0. The molecule has 0 spiro atoms. The highest BCUT2D eigenvalue weighted by atomic mass is 35.5. The number of halogens is 1. The molecule has 22 heavy (non-hydrogen) atoms. The third kappa shape index (κ3) is 2.82. The van der Waals surface area contributed by atoms with E-state index >= 15 is 0 Å². The molecule has 0 aliphatic carbocycles. The molecule has 6 heteroatoms. The third-order valence-corrected chi connectivity index (χ3v) is 4.97. The summed E-state index contributed by atoms with van der Waals surface area (Å²) in [5.74, 6) is -0.101. The Balaban J connectivity index is 1.85. The Morgan fingerprint density at radius 1 is 1.27 bits per heavy atom. The predicted octanol–water partition coefficient (Wildman–Crippen LogP) is 4.18. The second-order valence-corrected chi connectivity index (χ2v) is 6.43. The van der Waals surface area contributed by atoms with E-state index in [2.05, 4.69) is 9.97 Å². The highest BCUT2D eigenvalue weighted by molar-refractivity contribution is 7.18. The molecule has 0 aliphatic rings.